The molecule has 0 atom stereocenters. The Morgan fingerprint density at radius 3 is 2.48 bits per heavy atom. The second-order valence-electron chi connectivity index (χ2n) is 7.14. The van der Waals surface area contributed by atoms with E-state index in [0.29, 0.717) is 45.5 Å². The van der Waals surface area contributed by atoms with Crippen LogP contribution in [0.15, 0.2) is 30.3 Å². The number of rotatable bonds is 7. The van der Waals surface area contributed by atoms with E-state index in [2.05, 4.69) is 5.32 Å². The first-order valence-electron chi connectivity index (χ1n) is 8.89. The SMILES string of the molecule is CC(C)(CN)NC(=O)C1CCN(C(=O)CCOc2ccccc2)CC1. The molecule has 0 bridgehead atoms. The minimum atomic E-state index is -0.390. The number of likely N-dealkylation sites (tertiary alicyclic amines) is 1. The molecule has 25 heavy (non-hydrogen) atoms. The summed E-state index contributed by atoms with van der Waals surface area (Å²) in [4.78, 5) is 26.4. The fourth-order valence-electron chi connectivity index (χ4n) is 2.81. The Labute approximate surface area is 149 Å². The zero-order valence-corrected chi connectivity index (χ0v) is 15.2. The fourth-order valence-corrected chi connectivity index (χ4v) is 2.81. The van der Waals surface area contributed by atoms with Crippen LogP contribution in [0, 0.1) is 5.92 Å². The van der Waals surface area contributed by atoms with E-state index in [4.69, 9.17) is 10.5 Å². The predicted molar refractivity (Wildman–Crippen MR) is 97.1 cm³/mol. The average Bonchev–Trinajstić information content (AvgIpc) is 2.62. The highest BCUT2D eigenvalue weighted by Crippen LogP contribution is 2.19. The first-order valence-corrected chi connectivity index (χ1v) is 8.89. The molecule has 6 nitrogen and oxygen atoms in total. The van der Waals surface area contributed by atoms with E-state index in [1.165, 1.54) is 0 Å². The van der Waals surface area contributed by atoms with Crippen molar-refractivity contribution in [3.05, 3.63) is 30.3 Å². The molecule has 138 valence electrons. The van der Waals surface area contributed by atoms with Gasteiger partial charge in [-0.3, -0.25) is 9.59 Å². The number of ether oxygens (including phenoxy) is 1. The number of nitrogens with zero attached hydrogens (tertiary/aromatic N) is 1. The van der Waals surface area contributed by atoms with Gasteiger partial charge in [-0.25, -0.2) is 0 Å². The van der Waals surface area contributed by atoms with Crippen molar-refractivity contribution in [1.29, 1.82) is 0 Å². The van der Waals surface area contributed by atoms with Crippen molar-refractivity contribution in [1.82, 2.24) is 10.2 Å². The van der Waals surface area contributed by atoms with Crippen molar-refractivity contribution in [2.24, 2.45) is 11.7 Å². The van der Waals surface area contributed by atoms with Gasteiger partial charge in [0.25, 0.3) is 0 Å². The van der Waals surface area contributed by atoms with Crippen LogP contribution in [0.5, 0.6) is 5.75 Å². The van der Waals surface area contributed by atoms with Crippen LogP contribution in [0.2, 0.25) is 0 Å². The van der Waals surface area contributed by atoms with Crippen LogP contribution in [0.1, 0.15) is 33.1 Å². The second-order valence-corrected chi connectivity index (χ2v) is 7.14. The number of carbonyl (C=O) groups excluding carboxylic acids is 2. The maximum atomic E-state index is 12.3. The number of para-hydroxylation sites is 1. The molecule has 2 rings (SSSR count). The lowest BCUT2D eigenvalue weighted by Gasteiger charge is -2.33. The molecular formula is C19H29N3O3. The number of nitrogens with one attached hydrogen (secondary N) is 1. The van der Waals surface area contributed by atoms with Crippen molar-refractivity contribution in [2.45, 2.75) is 38.6 Å². The second kappa shape index (κ2) is 8.85. The highest BCUT2D eigenvalue weighted by atomic mass is 16.5. The fraction of sp³-hybridized carbons (Fsp3) is 0.579. The van der Waals surface area contributed by atoms with E-state index >= 15 is 0 Å². The number of piperidine rings is 1. The summed E-state index contributed by atoms with van der Waals surface area (Å²) < 4.78 is 5.57. The van der Waals surface area contributed by atoms with Crippen molar-refractivity contribution in [2.75, 3.05) is 26.2 Å². The Bertz CT molecular complexity index is 567. The number of hydrogen-bond acceptors (Lipinski definition) is 4. The monoisotopic (exact) mass is 347 g/mol. The van der Waals surface area contributed by atoms with Gasteiger partial charge >= 0.3 is 0 Å². The molecule has 3 N–H and O–H groups in total. The van der Waals surface area contributed by atoms with Crippen LogP contribution in [-0.2, 0) is 9.59 Å². The molecular weight excluding hydrogens is 318 g/mol. The van der Waals surface area contributed by atoms with Crippen LogP contribution in [0.25, 0.3) is 0 Å². The van der Waals surface area contributed by atoms with Crippen LogP contribution in [0.3, 0.4) is 0 Å². The first-order chi connectivity index (χ1) is 11.9. The van der Waals surface area contributed by atoms with Gasteiger partial charge in [-0.15, -0.1) is 0 Å². The lowest BCUT2D eigenvalue weighted by atomic mass is 9.94. The molecule has 1 saturated heterocycles. The predicted octanol–water partition coefficient (Wildman–Crippen LogP) is 1.55. The number of hydrogen-bond donors (Lipinski definition) is 2. The van der Waals surface area contributed by atoms with Crippen LogP contribution < -0.4 is 15.8 Å². The van der Waals surface area contributed by atoms with Gasteiger partial charge in [-0.1, -0.05) is 18.2 Å². The van der Waals surface area contributed by atoms with Gasteiger partial charge in [0.15, 0.2) is 0 Å². The molecule has 1 aromatic rings. The number of benzene rings is 1. The molecule has 0 radical (unpaired) electrons. The quantitative estimate of drug-likeness (QED) is 0.784. The largest absolute Gasteiger partial charge is 0.493 e. The molecule has 1 fully saturated rings. The smallest absolute Gasteiger partial charge is 0.225 e. The molecule has 1 aromatic carbocycles. The Morgan fingerprint density at radius 1 is 1.24 bits per heavy atom. The lowest BCUT2D eigenvalue weighted by molar-refractivity contribution is -0.136. The summed E-state index contributed by atoms with van der Waals surface area (Å²) in [6.45, 7) is 5.83. The summed E-state index contributed by atoms with van der Waals surface area (Å²) in [5, 5.41) is 2.98. The first kappa shape index (κ1) is 19.2. The highest BCUT2D eigenvalue weighted by Gasteiger charge is 2.29. The van der Waals surface area contributed by atoms with Crippen molar-refractivity contribution in [3.63, 3.8) is 0 Å². The zero-order valence-electron chi connectivity index (χ0n) is 15.2. The van der Waals surface area contributed by atoms with Crippen LogP contribution in [0.4, 0.5) is 0 Å². The van der Waals surface area contributed by atoms with E-state index in [9.17, 15) is 9.59 Å². The number of nitrogens with two attached hydrogens (primary N) is 1. The summed E-state index contributed by atoms with van der Waals surface area (Å²) in [6.07, 6.45) is 1.74. The molecule has 0 saturated carbocycles. The topological polar surface area (TPSA) is 84.7 Å². The maximum absolute atomic E-state index is 12.3. The Balaban J connectivity index is 1.70. The van der Waals surface area contributed by atoms with Crippen molar-refractivity contribution >= 4 is 11.8 Å². The lowest BCUT2D eigenvalue weighted by Crippen LogP contribution is -2.52. The molecule has 1 aliphatic heterocycles. The Hall–Kier alpha value is -2.08. The van der Waals surface area contributed by atoms with E-state index in [1.54, 1.807) is 0 Å². The molecule has 2 amide bonds. The van der Waals surface area contributed by atoms with E-state index < -0.39 is 5.54 Å². The standard InChI is InChI=1S/C19H29N3O3/c1-19(2,14-20)21-18(24)15-8-11-22(12-9-15)17(23)10-13-25-16-6-4-3-5-7-16/h3-7,15H,8-14,20H2,1-2H3,(H,21,24). The minimum absolute atomic E-state index is 0.0370. The van der Waals surface area contributed by atoms with Crippen LogP contribution >= 0.6 is 0 Å². The molecule has 0 unspecified atom stereocenters. The van der Waals surface area contributed by atoms with Gasteiger partial charge in [0.2, 0.25) is 11.8 Å². The number of amides is 2. The molecule has 0 aliphatic carbocycles. The zero-order chi connectivity index (χ0) is 18.3. The van der Waals surface area contributed by atoms with Gasteiger partial charge in [-0.05, 0) is 38.8 Å². The Kier molecular flexibility index (Phi) is 6.82. The molecule has 6 heteroatoms. The van der Waals surface area contributed by atoms with Crippen LogP contribution in [-0.4, -0.2) is 48.5 Å². The van der Waals surface area contributed by atoms with Gasteiger partial charge in [0.05, 0.1) is 13.0 Å². The molecule has 0 spiro atoms. The highest BCUT2D eigenvalue weighted by molar-refractivity contribution is 5.80. The number of carbonyl (C=O) groups is 2. The minimum Gasteiger partial charge on any atom is -0.493 e. The van der Waals surface area contributed by atoms with Crippen molar-refractivity contribution in [3.8, 4) is 5.75 Å². The van der Waals surface area contributed by atoms with Crippen molar-refractivity contribution < 1.29 is 14.3 Å². The van der Waals surface area contributed by atoms with Gasteiger partial charge in [0.1, 0.15) is 5.75 Å². The summed E-state index contributed by atoms with van der Waals surface area (Å²) in [5.74, 6) is 0.843. The van der Waals surface area contributed by atoms with Gasteiger partial charge < -0.3 is 20.7 Å². The summed E-state index contributed by atoms with van der Waals surface area (Å²) in [6, 6.07) is 9.47. The third-order valence-electron chi connectivity index (χ3n) is 4.52. The van der Waals surface area contributed by atoms with E-state index in [1.807, 2.05) is 49.1 Å². The third kappa shape index (κ3) is 6.05. The van der Waals surface area contributed by atoms with E-state index in [-0.39, 0.29) is 17.7 Å². The normalized spacial score (nSPS) is 15.7. The molecule has 1 aliphatic rings. The third-order valence-corrected chi connectivity index (χ3v) is 4.52. The summed E-state index contributed by atoms with van der Waals surface area (Å²) >= 11 is 0. The Morgan fingerprint density at radius 2 is 1.88 bits per heavy atom. The molecule has 0 aromatic heterocycles. The van der Waals surface area contributed by atoms with Gasteiger partial charge in [0, 0.05) is 31.1 Å². The van der Waals surface area contributed by atoms with Gasteiger partial charge in [-0.2, -0.15) is 0 Å². The molecule has 1 heterocycles. The maximum Gasteiger partial charge on any atom is 0.225 e. The summed E-state index contributed by atoms with van der Waals surface area (Å²) in [5.41, 5.74) is 5.26. The van der Waals surface area contributed by atoms with E-state index in [0.717, 1.165) is 5.75 Å². The average molecular weight is 347 g/mol. The summed E-state index contributed by atoms with van der Waals surface area (Å²) in [7, 11) is 0.